The molecule has 2 saturated carbocycles. The fourth-order valence-corrected chi connectivity index (χ4v) is 4.57. The van der Waals surface area contributed by atoms with E-state index in [1.54, 1.807) is 0 Å². The number of rotatable bonds is 6. The van der Waals surface area contributed by atoms with E-state index in [0.717, 1.165) is 45.6 Å². The molecule has 7 heteroatoms. The molecule has 30 heavy (non-hydrogen) atoms. The minimum absolute atomic E-state index is 0. The van der Waals surface area contributed by atoms with Crippen molar-refractivity contribution < 1.29 is 15.3 Å². The summed E-state index contributed by atoms with van der Waals surface area (Å²) in [6.45, 7) is 12.8. The van der Waals surface area contributed by atoms with E-state index in [4.69, 9.17) is 10.8 Å². The van der Waals surface area contributed by atoms with Crippen molar-refractivity contribution in [3.05, 3.63) is 0 Å². The van der Waals surface area contributed by atoms with Gasteiger partial charge in [-0.1, -0.05) is 74.7 Å². The van der Waals surface area contributed by atoms with Crippen molar-refractivity contribution in [2.75, 3.05) is 7.11 Å². The predicted molar refractivity (Wildman–Crippen MR) is 142 cm³/mol. The van der Waals surface area contributed by atoms with Crippen LogP contribution < -0.4 is 11.1 Å². The number of hydrogen-bond donors (Lipinski definition) is 5. The van der Waals surface area contributed by atoms with Crippen molar-refractivity contribution in [1.29, 1.82) is 0 Å². The van der Waals surface area contributed by atoms with Crippen LogP contribution >= 0.6 is 27.0 Å². The summed E-state index contributed by atoms with van der Waals surface area (Å²) in [5.41, 5.74) is 4.91. The van der Waals surface area contributed by atoms with Crippen LogP contribution in [0.2, 0.25) is 0 Å². The van der Waals surface area contributed by atoms with E-state index in [9.17, 15) is 10.2 Å². The van der Waals surface area contributed by atoms with E-state index in [-0.39, 0.29) is 46.5 Å². The zero-order valence-corrected chi connectivity index (χ0v) is 22.0. The molecule has 0 heterocycles. The lowest BCUT2D eigenvalue weighted by Gasteiger charge is -2.37. The molecule has 2 aliphatic carbocycles. The molecule has 2 fully saturated rings. The maximum Gasteiger partial charge on any atom is 0.0802 e. The third kappa shape index (κ3) is 11.9. The zero-order chi connectivity index (χ0) is 21.3. The maximum absolute atomic E-state index is 10.5. The van der Waals surface area contributed by atoms with Gasteiger partial charge in [0.05, 0.1) is 11.2 Å². The Morgan fingerprint density at radius 2 is 1.03 bits per heavy atom. The minimum Gasteiger partial charge on any atom is -0.400 e. The van der Waals surface area contributed by atoms with Gasteiger partial charge in [0.1, 0.15) is 0 Å². The highest BCUT2D eigenvalue weighted by molar-refractivity contribution is 7.59. The van der Waals surface area contributed by atoms with Gasteiger partial charge < -0.3 is 26.4 Å². The molecule has 6 N–H and O–H groups in total. The minimum atomic E-state index is -0.547. The Hall–Kier alpha value is 0.500. The Balaban J connectivity index is -0.000000194. The smallest absolute Gasteiger partial charge is 0.0802 e. The molecule has 0 spiro atoms. The molecule has 0 aliphatic heterocycles. The second-order valence-corrected chi connectivity index (χ2v) is 9.43. The molecule has 0 aromatic carbocycles. The Labute approximate surface area is 201 Å². The first kappa shape index (κ1) is 37.8. The molecule has 188 valence electrons. The van der Waals surface area contributed by atoms with Gasteiger partial charge in [-0.25, -0.2) is 0 Å². The topological polar surface area (TPSA) is 98.7 Å². The van der Waals surface area contributed by atoms with E-state index >= 15 is 0 Å². The van der Waals surface area contributed by atoms with Crippen LogP contribution in [0.1, 0.15) is 100 Å². The molecule has 0 bridgehead atoms. The summed E-state index contributed by atoms with van der Waals surface area (Å²) in [4.78, 5) is 0. The lowest BCUT2D eigenvalue weighted by molar-refractivity contribution is -0.0108. The van der Waals surface area contributed by atoms with Gasteiger partial charge in [0.2, 0.25) is 0 Å². The zero-order valence-electron chi connectivity index (χ0n) is 20.0. The molecule has 5 nitrogen and oxygen atoms in total. The molecule has 2 rings (SSSR count). The van der Waals surface area contributed by atoms with Gasteiger partial charge >= 0.3 is 0 Å². The summed E-state index contributed by atoms with van der Waals surface area (Å²) in [5, 5.41) is 31.0. The van der Waals surface area contributed by atoms with E-state index < -0.39 is 11.2 Å². The van der Waals surface area contributed by atoms with E-state index in [0.29, 0.717) is 17.9 Å². The van der Waals surface area contributed by atoms with Crippen molar-refractivity contribution in [2.45, 2.75) is 130 Å². The average molecular weight is 473 g/mol. The van der Waals surface area contributed by atoms with Crippen LogP contribution in [-0.4, -0.2) is 51.8 Å². The van der Waals surface area contributed by atoms with Gasteiger partial charge in [-0.2, -0.15) is 27.0 Å². The van der Waals surface area contributed by atoms with Crippen molar-refractivity contribution in [1.82, 2.24) is 5.32 Å². The third-order valence-electron chi connectivity index (χ3n) is 6.04. The van der Waals surface area contributed by atoms with Gasteiger partial charge in [0.25, 0.3) is 0 Å². The van der Waals surface area contributed by atoms with Gasteiger partial charge in [-0.3, -0.25) is 0 Å². The first-order valence-electron chi connectivity index (χ1n) is 10.9. The summed E-state index contributed by atoms with van der Waals surface area (Å²) >= 11 is 0. The highest BCUT2D eigenvalue weighted by Gasteiger charge is 2.41. The van der Waals surface area contributed by atoms with Crippen LogP contribution in [0.15, 0.2) is 0 Å². The van der Waals surface area contributed by atoms with Crippen LogP contribution in [0.5, 0.6) is 0 Å². The first-order valence-corrected chi connectivity index (χ1v) is 10.9. The first-order chi connectivity index (χ1) is 12.5. The number of nitrogens with two attached hydrogens (primary N) is 1. The Kier molecular flexibility index (Phi) is 22.7. The highest BCUT2D eigenvalue weighted by atomic mass is 32.1. The summed E-state index contributed by atoms with van der Waals surface area (Å²) in [6.07, 6.45) is 8.36. The molecule has 2 atom stereocenters. The molecule has 0 amide bonds. The lowest BCUT2D eigenvalue weighted by Crippen LogP contribution is -2.54. The maximum atomic E-state index is 10.5. The second-order valence-electron chi connectivity index (χ2n) is 9.43. The van der Waals surface area contributed by atoms with Gasteiger partial charge in [-0.05, 0) is 37.5 Å². The van der Waals surface area contributed by atoms with Gasteiger partial charge in [0.15, 0.2) is 0 Å². The van der Waals surface area contributed by atoms with E-state index in [2.05, 4.69) is 46.9 Å². The lowest BCUT2D eigenvalue weighted by atomic mass is 9.84. The normalized spacial score (nSPS) is 20.6. The molecule has 0 saturated heterocycles. The number of nitrogens with one attached hydrogen (secondary N) is 1. The number of aliphatic hydroxyl groups is 3. The second kappa shape index (κ2) is 18.0. The number of hydrogen-bond acceptors (Lipinski definition) is 5. The number of aliphatic hydroxyl groups excluding tert-OH is 1. The molecular weight excluding hydrogens is 416 g/mol. The predicted octanol–water partition coefficient (Wildman–Crippen LogP) is 4.06. The quantitative estimate of drug-likeness (QED) is 0.401. The largest absolute Gasteiger partial charge is 0.400 e. The Morgan fingerprint density at radius 1 is 0.700 bits per heavy atom. The van der Waals surface area contributed by atoms with Crippen molar-refractivity contribution in [3.8, 4) is 0 Å². The standard InChI is InChI=1S/C12H25NO.C9H19NO.CH4O.CH4.2H2S/c1-9(2)11(13-10(3)4)12(14)7-5-6-8-12;1-7(2)8(10)9(11)5-3-4-6-9;1-2;;;/h9-11,13-14H,5-8H2,1-4H3;7-8,11H,3-6,10H2,1-2H3;2H,1H3;1H4;2*1H2/t11-;8-;;;;/m00..../s1. The SMILES string of the molecule is C.CC(C)N[C@@H](C(C)C)C1(O)CCCC1.CC(C)[C@H](N)C1(O)CCCC1.CO.S.S. The summed E-state index contributed by atoms with van der Waals surface area (Å²) in [6, 6.07) is 0.669. The Bertz CT molecular complexity index is 385. The monoisotopic (exact) mass is 472 g/mol. The van der Waals surface area contributed by atoms with Crippen LogP contribution in [0.4, 0.5) is 0 Å². The van der Waals surface area contributed by atoms with Crippen LogP contribution in [0.25, 0.3) is 0 Å². The highest BCUT2D eigenvalue weighted by Crippen LogP contribution is 2.35. The average Bonchev–Trinajstić information content (AvgIpc) is 3.24. The van der Waals surface area contributed by atoms with Gasteiger partial charge in [-0.15, -0.1) is 0 Å². The third-order valence-corrected chi connectivity index (χ3v) is 6.04. The molecule has 0 aromatic rings. The summed E-state index contributed by atoms with van der Waals surface area (Å²) in [5.74, 6) is 0.888. The summed E-state index contributed by atoms with van der Waals surface area (Å²) in [7, 11) is 1.00. The fraction of sp³-hybridized carbons (Fsp3) is 1.00. The van der Waals surface area contributed by atoms with Gasteiger partial charge in [0, 0.05) is 25.2 Å². The van der Waals surface area contributed by atoms with E-state index in [1.165, 1.54) is 12.8 Å². The molecule has 2 aliphatic rings. The van der Waals surface area contributed by atoms with E-state index in [1.807, 2.05) is 0 Å². The van der Waals surface area contributed by atoms with Crippen LogP contribution in [-0.2, 0) is 0 Å². The Morgan fingerprint density at radius 3 is 1.30 bits per heavy atom. The molecule has 0 aromatic heterocycles. The molecular formula is C23H56N2O3S2. The van der Waals surface area contributed by atoms with Crippen molar-refractivity contribution in [3.63, 3.8) is 0 Å². The van der Waals surface area contributed by atoms with Crippen molar-refractivity contribution in [2.24, 2.45) is 17.6 Å². The van der Waals surface area contributed by atoms with Crippen molar-refractivity contribution >= 4 is 27.0 Å². The summed E-state index contributed by atoms with van der Waals surface area (Å²) < 4.78 is 0. The fourth-order valence-electron chi connectivity index (χ4n) is 4.57. The molecule has 0 radical (unpaired) electrons. The van der Waals surface area contributed by atoms with Crippen LogP contribution in [0.3, 0.4) is 0 Å². The van der Waals surface area contributed by atoms with Crippen LogP contribution in [0, 0.1) is 11.8 Å². The molecule has 0 unspecified atom stereocenters.